The van der Waals surface area contributed by atoms with Gasteiger partial charge < -0.3 is 15.7 Å². The molecule has 0 aromatic heterocycles. The van der Waals surface area contributed by atoms with Crippen molar-refractivity contribution in [3.05, 3.63) is 0 Å². The molecule has 1 fully saturated rings. The van der Waals surface area contributed by atoms with Crippen LogP contribution in [-0.2, 0) is 9.59 Å². The van der Waals surface area contributed by atoms with E-state index in [0.717, 1.165) is 0 Å². The van der Waals surface area contributed by atoms with E-state index in [9.17, 15) is 9.59 Å². The minimum atomic E-state index is -0.957. The number of carboxylic acids is 1. The Labute approximate surface area is 99.4 Å². The van der Waals surface area contributed by atoms with E-state index >= 15 is 0 Å². The molecule has 2 unspecified atom stereocenters. The van der Waals surface area contributed by atoms with Gasteiger partial charge in [0.15, 0.2) is 0 Å². The minimum absolute atomic E-state index is 0.0137. The Balaban J connectivity index is 2.83. The van der Waals surface area contributed by atoms with E-state index in [1.807, 2.05) is 20.8 Å². The minimum Gasteiger partial charge on any atom is -0.480 e. The zero-order valence-electron chi connectivity index (χ0n) is 9.71. The molecule has 1 aliphatic rings. The fourth-order valence-electron chi connectivity index (χ4n) is 1.62. The molecule has 16 heavy (non-hydrogen) atoms. The highest BCUT2D eigenvalue weighted by molar-refractivity contribution is 8.00. The van der Waals surface area contributed by atoms with Crippen LogP contribution in [-0.4, -0.2) is 45.1 Å². The monoisotopic (exact) mass is 246 g/mol. The maximum atomic E-state index is 12.0. The molecule has 0 spiro atoms. The molecule has 1 heterocycles. The van der Waals surface area contributed by atoms with Crippen LogP contribution in [0.2, 0.25) is 0 Å². The molecular formula is C10H18N2O3S. The fourth-order valence-corrected chi connectivity index (χ4v) is 2.80. The van der Waals surface area contributed by atoms with Gasteiger partial charge in [-0.25, -0.2) is 4.79 Å². The molecule has 0 aromatic rings. The molecule has 92 valence electrons. The normalized spacial score (nSPS) is 27.2. The lowest BCUT2D eigenvalue weighted by atomic mass is 10.0. The van der Waals surface area contributed by atoms with E-state index in [4.69, 9.17) is 10.8 Å². The van der Waals surface area contributed by atoms with Gasteiger partial charge in [-0.15, -0.1) is 11.8 Å². The number of nitrogens with zero attached hydrogens (tertiary/aromatic N) is 1. The average Bonchev–Trinajstić information content (AvgIpc) is 2.57. The van der Waals surface area contributed by atoms with E-state index in [-0.39, 0.29) is 17.2 Å². The predicted molar refractivity (Wildman–Crippen MR) is 63.0 cm³/mol. The number of carboxylic acid groups (broad SMARTS) is 1. The second-order valence-electron chi connectivity index (χ2n) is 4.30. The lowest BCUT2D eigenvalue weighted by Gasteiger charge is -2.29. The molecule has 5 nitrogen and oxygen atoms in total. The third-order valence-electron chi connectivity index (χ3n) is 2.77. The van der Waals surface area contributed by atoms with Gasteiger partial charge in [0.2, 0.25) is 5.91 Å². The van der Waals surface area contributed by atoms with E-state index in [2.05, 4.69) is 0 Å². The standard InChI is InChI=1S/C10H18N2O3S/c1-5(2)8(11)9(13)12-6(3)16-4-7(12)10(14)15/h5-8H,4,11H2,1-3H3,(H,14,15)/t6?,7?,8-/m0/s1. The van der Waals surface area contributed by atoms with Gasteiger partial charge in [0.05, 0.1) is 11.4 Å². The summed E-state index contributed by atoms with van der Waals surface area (Å²) in [5.41, 5.74) is 5.77. The summed E-state index contributed by atoms with van der Waals surface area (Å²) in [6.45, 7) is 5.54. The summed E-state index contributed by atoms with van der Waals surface area (Å²) in [5, 5.41) is 8.91. The van der Waals surface area contributed by atoms with Crippen LogP contribution in [0.1, 0.15) is 20.8 Å². The number of rotatable bonds is 3. The Bertz CT molecular complexity index is 296. The van der Waals surface area contributed by atoms with Crippen LogP contribution in [0.5, 0.6) is 0 Å². The van der Waals surface area contributed by atoms with Crippen molar-refractivity contribution in [2.75, 3.05) is 5.75 Å². The Hall–Kier alpha value is -0.750. The van der Waals surface area contributed by atoms with Crippen LogP contribution >= 0.6 is 11.8 Å². The van der Waals surface area contributed by atoms with Crippen molar-refractivity contribution in [2.45, 2.75) is 38.2 Å². The largest absolute Gasteiger partial charge is 0.480 e. The number of aliphatic carboxylic acids is 1. The molecule has 1 rings (SSSR count). The lowest BCUT2D eigenvalue weighted by Crippen LogP contribution is -2.53. The molecule has 0 bridgehead atoms. The fraction of sp³-hybridized carbons (Fsp3) is 0.800. The van der Waals surface area contributed by atoms with Crippen LogP contribution < -0.4 is 5.73 Å². The van der Waals surface area contributed by atoms with E-state index in [1.165, 1.54) is 16.7 Å². The van der Waals surface area contributed by atoms with Crippen LogP contribution in [0.4, 0.5) is 0 Å². The van der Waals surface area contributed by atoms with Gasteiger partial charge in [0, 0.05) is 5.75 Å². The molecule has 0 aromatic carbocycles. The third kappa shape index (κ3) is 2.49. The van der Waals surface area contributed by atoms with Gasteiger partial charge in [-0.05, 0) is 12.8 Å². The second kappa shape index (κ2) is 5.05. The third-order valence-corrected chi connectivity index (χ3v) is 3.98. The number of hydrogen-bond donors (Lipinski definition) is 2. The molecule has 0 radical (unpaired) electrons. The topological polar surface area (TPSA) is 83.6 Å². The first-order valence-electron chi connectivity index (χ1n) is 5.28. The van der Waals surface area contributed by atoms with E-state index < -0.39 is 18.1 Å². The summed E-state index contributed by atoms with van der Waals surface area (Å²) >= 11 is 1.47. The smallest absolute Gasteiger partial charge is 0.327 e. The number of carbonyl (C=O) groups excluding carboxylic acids is 1. The average molecular weight is 246 g/mol. The highest BCUT2D eigenvalue weighted by atomic mass is 32.2. The first kappa shape index (κ1) is 13.3. The van der Waals surface area contributed by atoms with Crippen molar-refractivity contribution in [2.24, 2.45) is 11.7 Å². The van der Waals surface area contributed by atoms with Crippen LogP contribution in [0.25, 0.3) is 0 Å². The number of hydrogen-bond acceptors (Lipinski definition) is 4. The van der Waals surface area contributed by atoms with Crippen molar-refractivity contribution in [1.29, 1.82) is 0 Å². The van der Waals surface area contributed by atoms with Gasteiger partial charge in [-0.1, -0.05) is 13.8 Å². The number of nitrogens with two attached hydrogens (primary N) is 1. The molecule has 0 aliphatic carbocycles. The van der Waals surface area contributed by atoms with Gasteiger partial charge >= 0.3 is 5.97 Å². The molecule has 3 atom stereocenters. The van der Waals surface area contributed by atoms with Crippen molar-refractivity contribution < 1.29 is 14.7 Å². The van der Waals surface area contributed by atoms with Crippen molar-refractivity contribution in [3.8, 4) is 0 Å². The van der Waals surface area contributed by atoms with Crippen molar-refractivity contribution in [1.82, 2.24) is 4.90 Å². The number of amides is 1. The number of carbonyl (C=O) groups is 2. The summed E-state index contributed by atoms with van der Waals surface area (Å²) in [7, 11) is 0. The first-order chi connectivity index (χ1) is 7.36. The quantitative estimate of drug-likeness (QED) is 0.750. The molecular weight excluding hydrogens is 228 g/mol. The predicted octanol–water partition coefficient (Wildman–Crippen LogP) is 0.344. The Morgan fingerprint density at radius 1 is 1.50 bits per heavy atom. The zero-order chi connectivity index (χ0) is 12.5. The van der Waals surface area contributed by atoms with Crippen molar-refractivity contribution in [3.63, 3.8) is 0 Å². The second-order valence-corrected chi connectivity index (χ2v) is 5.65. The van der Waals surface area contributed by atoms with Crippen LogP contribution in [0, 0.1) is 5.92 Å². The molecule has 1 aliphatic heterocycles. The summed E-state index contributed by atoms with van der Waals surface area (Å²) in [4.78, 5) is 24.4. The Morgan fingerprint density at radius 3 is 2.50 bits per heavy atom. The summed E-state index contributed by atoms with van der Waals surface area (Å²) < 4.78 is 0. The van der Waals surface area contributed by atoms with Gasteiger partial charge in [-0.2, -0.15) is 0 Å². The van der Waals surface area contributed by atoms with Gasteiger partial charge in [-0.3, -0.25) is 4.79 Å². The maximum absolute atomic E-state index is 12.0. The Morgan fingerprint density at radius 2 is 2.06 bits per heavy atom. The lowest BCUT2D eigenvalue weighted by molar-refractivity contribution is -0.149. The van der Waals surface area contributed by atoms with Gasteiger partial charge in [0.1, 0.15) is 6.04 Å². The van der Waals surface area contributed by atoms with Crippen LogP contribution in [0.15, 0.2) is 0 Å². The van der Waals surface area contributed by atoms with Crippen molar-refractivity contribution >= 4 is 23.6 Å². The molecule has 1 saturated heterocycles. The van der Waals surface area contributed by atoms with Gasteiger partial charge in [0.25, 0.3) is 0 Å². The maximum Gasteiger partial charge on any atom is 0.327 e. The summed E-state index contributed by atoms with van der Waals surface area (Å²) in [6, 6.07) is -1.36. The summed E-state index contributed by atoms with van der Waals surface area (Å²) in [6.07, 6.45) is 0. The Kier molecular flexibility index (Phi) is 4.21. The number of thioether (sulfide) groups is 1. The van der Waals surface area contributed by atoms with E-state index in [1.54, 1.807) is 0 Å². The summed E-state index contributed by atoms with van der Waals surface area (Å²) in [5.74, 6) is -0.770. The van der Waals surface area contributed by atoms with E-state index in [0.29, 0.717) is 5.75 Å². The molecule has 1 amide bonds. The van der Waals surface area contributed by atoms with Crippen LogP contribution in [0.3, 0.4) is 0 Å². The SMILES string of the molecule is CC(C)[C@H](N)C(=O)N1C(C)SCC1C(=O)O. The highest BCUT2D eigenvalue weighted by Gasteiger charge is 2.41. The highest BCUT2D eigenvalue weighted by Crippen LogP contribution is 2.29. The molecule has 6 heteroatoms. The molecule has 3 N–H and O–H groups in total. The molecule has 0 saturated carbocycles. The zero-order valence-corrected chi connectivity index (χ0v) is 10.5. The first-order valence-corrected chi connectivity index (χ1v) is 6.33.